The Morgan fingerprint density at radius 2 is 1.79 bits per heavy atom. The van der Waals surface area contributed by atoms with E-state index >= 15 is 0 Å². The van der Waals surface area contributed by atoms with Gasteiger partial charge in [0.05, 0.1) is 23.0 Å². The molecular formula is C20H17F4N3O. The van der Waals surface area contributed by atoms with Gasteiger partial charge in [-0.2, -0.15) is 18.3 Å². The SMILES string of the molecule is Cc1c(C(=O)NCCc2ccccc2C(F)(F)F)cnn1-c1ccccc1F. The zero-order valence-electron chi connectivity index (χ0n) is 14.9. The Morgan fingerprint density at radius 1 is 1.11 bits per heavy atom. The van der Waals surface area contributed by atoms with Crippen molar-refractivity contribution in [3.05, 3.63) is 82.9 Å². The summed E-state index contributed by atoms with van der Waals surface area (Å²) in [6, 6.07) is 11.3. The maximum atomic E-state index is 13.9. The van der Waals surface area contributed by atoms with Crippen LogP contribution in [0, 0.1) is 12.7 Å². The molecule has 0 fully saturated rings. The topological polar surface area (TPSA) is 46.9 Å². The van der Waals surface area contributed by atoms with E-state index in [0.29, 0.717) is 5.69 Å². The van der Waals surface area contributed by atoms with Crippen molar-refractivity contribution in [2.45, 2.75) is 19.5 Å². The summed E-state index contributed by atoms with van der Waals surface area (Å²) >= 11 is 0. The molecule has 1 amide bonds. The molecule has 0 aliphatic rings. The van der Waals surface area contributed by atoms with Gasteiger partial charge < -0.3 is 5.32 Å². The maximum Gasteiger partial charge on any atom is 0.416 e. The van der Waals surface area contributed by atoms with E-state index in [1.165, 1.54) is 41.2 Å². The number of nitrogens with zero attached hydrogens (tertiary/aromatic N) is 2. The van der Waals surface area contributed by atoms with Gasteiger partial charge >= 0.3 is 6.18 Å². The molecule has 1 aromatic heterocycles. The highest BCUT2D eigenvalue weighted by molar-refractivity contribution is 5.95. The number of rotatable bonds is 5. The third kappa shape index (κ3) is 4.05. The van der Waals surface area contributed by atoms with Gasteiger partial charge in [-0.15, -0.1) is 0 Å². The minimum Gasteiger partial charge on any atom is -0.352 e. The number of carbonyl (C=O) groups excluding carboxylic acids is 1. The van der Waals surface area contributed by atoms with Crippen LogP contribution in [-0.2, 0) is 12.6 Å². The van der Waals surface area contributed by atoms with E-state index in [9.17, 15) is 22.4 Å². The van der Waals surface area contributed by atoms with E-state index in [2.05, 4.69) is 10.4 Å². The van der Waals surface area contributed by atoms with Crippen molar-refractivity contribution in [1.29, 1.82) is 0 Å². The number of hydrogen-bond acceptors (Lipinski definition) is 2. The molecule has 8 heteroatoms. The molecule has 0 aliphatic carbocycles. The Labute approximate surface area is 158 Å². The quantitative estimate of drug-likeness (QED) is 0.659. The van der Waals surface area contributed by atoms with Crippen molar-refractivity contribution in [3.63, 3.8) is 0 Å². The van der Waals surface area contributed by atoms with Gasteiger partial charge in [0.15, 0.2) is 0 Å². The maximum absolute atomic E-state index is 13.9. The Bertz CT molecular complexity index is 995. The second-order valence-corrected chi connectivity index (χ2v) is 6.17. The van der Waals surface area contributed by atoms with Crippen LogP contribution in [0.2, 0.25) is 0 Å². The lowest BCUT2D eigenvalue weighted by Crippen LogP contribution is -2.26. The number of nitrogens with one attached hydrogen (secondary N) is 1. The van der Waals surface area contributed by atoms with Gasteiger partial charge in [-0.1, -0.05) is 30.3 Å². The summed E-state index contributed by atoms with van der Waals surface area (Å²) in [5, 5.41) is 6.64. The van der Waals surface area contributed by atoms with Crippen LogP contribution in [-0.4, -0.2) is 22.2 Å². The third-order valence-electron chi connectivity index (χ3n) is 4.34. The zero-order chi connectivity index (χ0) is 20.3. The first kappa shape index (κ1) is 19.6. The van der Waals surface area contributed by atoms with Crippen molar-refractivity contribution in [2.75, 3.05) is 6.54 Å². The first-order chi connectivity index (χ1) is 13.3. The molecule has 0 bridgehead atoms. The minimum absolute atomic E-state index is 0.0241. The predicted molar refractivity (Wildman–Crippen MR) is 95.7 cm³/mol. The Morgan fingerprint density at radius 3 is 2.50 bits per heavy atom. The molecule has 3 rings (SSSR count). The molecule has 0 radical (unpaired) electrons. The standard InChI is InChI=1S/C20H17F4N3O/c1-13-15(12-26-27(13)18-9-5-4-8-17(18)21)19(28)25-11-10-14-6-2-3-7-16(14)20(22,23)24/h2-9,12H,10-11H2,1H3,(H,25,28). The monoisotopic (exact) mass is 391 g/mol. The number of carbonyl (C=O) groups is 1. The second kappa shape index (κ2) is 7.84. The molecule has 1 heterocycles. The molecule has 146 valence electrons. The number of halogens is 4. The average Bonchev–Trinajstić information content (AvgIpc) is 3.03. The predicted octanol–water partition coefficient (Wildman–Crippen LogP) is 4.31. The van der Waals surface area contributed by atoms with Crippen LogP contribution in [0.4, 0.5) is 17.6 Å². The number of aromatic nitrogens is 2. The molecule has 2 aromatic carbocycles. The fraction of sp³-hybridized carbons (Fsp3) is 0.200. The Kier molecular flexibility index (Phi) is 5.48. The summed E-state index contributed by atoms with van der Waals surface area (Å²) < 4.78 is 54.3. The van der Waals surface area contributed by atoms with Crippen LogP contribution in [0.15, 0.2) is 54.7 Å². The smallest absolute Gasteiger partial charge is 0.352 e. The van der Waals surface area contributed by atoms with E-state index in [0.717, 1.165) is 6.07 Å². The fourth-order valence-corrected chi connectivity index (χ4v) is 2.92. The van der Waals surface area contributed by atoms with Crippen molar-refractivity contribution < 1.29 is 22.4 Å². The zero-order valence-corrected chi connectivity index (χ0v) is 14.9. The van der Waals surface area contributed by atoms with E-state index in [1.54, 1.807) is 19.1 Å². The molecule has 0 unspecified atom stereocenters. The van der Waals surface area contributed by atoms with Crippen LogP contribution in [0.25, 0.3) is 5.69 Å². The molecule has 1 N–H and O–H groups in total. The first-order valence-corrected chi connectivity index (χ1v) is 8.52. The molecule has 0 saturated carbocycles. The molecule has 0 atom stereocenters. The van der Waals surface area contributed by atoms with Crippen molar-refractivity contribution in [1.82, 2.24) is 15.1 Å². The van der Waals surface area contributed by atoms with Gasteiger partial charge in [-0.05, 0) is 37.1 Å². The normalized spacial score (nSPS) is 11.5. The van der Waals surface area contributed by atoms with E-state index in [-0.39, 0.29) is 29.8 Å². The highest BCUT2D eigenvalue weighted by Crippen LogP contribution is 2.31. The average molecular weight is 391 g/mol. The molecule has 4 nitrogen and oxygen atoms in total. The fourth-order valence-electron chi connectivity index (χ4n) is 2.92. The second-order valence-electron chi connectivity index (χ2n) is 6.17. The molecule has 0 spiro atoms. The lowest BCUT2D eigenvalue weighted by Gasteiger charge is -2.13. The highest BCUT2D eigenvalue weighted by Gasteiger charge is 2.32. The van der Waals surface area contributed by atoms with Crippen LogP contribution in [0.5, 0.6) is 0 Å². The number of para-hydroxylation sites is 1. The minimum atomic E-state index is -4.45. The molecule has 28 heavy (non-hydrogen) atoms. The van der Waals surface area contributed by atoms with Crippen LogP contribution in [0.3, 0.4) is 0 Å². The van der Waals surface area contributed by atoms with Gasteiger partial charge in [0, 0.05) is 6.54 Å². The van der Waals surface area contributed by atoms with Crippen LogP contribution >= 0.6 is 0 Å². The van der Waals surface area contributed by atoms with Gasteiger partial charge in [-0.25, -0.2) is 9.07 Å². The molecule has 3 aromatic rings. The molecule has 0 saturated heterocycles. The molecular weight excluding hydrogens is 374 g/mol. The van der Waals surface area contributed by atoms with E-state index < -0.39 is 23.5 Å². The molecule has 0 aliphatic heterocycles. The highest BCUT2D eigenvalue weighted by atomic mass is 19.4. The largest absolute Gasteiger partial charge is 0.416 e. The van der Waals surface area contributed by atoms with Gasteiger partial charge in [-0.3, -0.25) is 4.79 Å². The summed E-state index contributed by atoms with van der Waals surface area (Å²) in [4.78, 5) is 12.4. The van der Waals surface area contributed by atoms with Gasteiger partial charge in [0.1, 0.15) is 11.5 Å². The number of benzene rings is 2. The van der Waals surface area contributed by atoms with Crippen molar-refractivity contribution in [3.8, 4) is 5.69 Å². The van der Waals surface area contributed by atoms with Crippen LogP contribution in [0.1, 0.15) is 27.2 Å². The summed E-state index contributed by atoms with van der Waals surface area (Å²) in [5.41, 5.74) is 0.255. The van der Waals surface area contributed by atoms with Crippen molar-refractivity contribution >= 4 is 5.91 Å². The summed E-state index contributed by atoms with van der Waals surface area (Å²) in [7, 11) is 0. The van der Waals surface area contributed by atoms with Crippen molar-refractivity contribution in [2.24, 2.45) is 0 Å². The van der Waals surface area contributed by atoms with E-state index in [1.807, 2.05) is 0 Å². The van der Waals surface area contributed by atoms with Crippen LogP contribution < -0.4 is 5.32 Å². The number of amides is 1. The number of hydrogen-bond donors (Lipinski definition) is 1. The van der Waals surface area contributed by atoms with Gasteiger partial charge in [0.25, 0.3) is 5.91 Å². The Hall–Kier alpha value is -3.16. The van der Waals surface area contributed by atoms with Gasteiger partial charge in [0.2, 0.25) is 0 Å². The number of alkyl halides is 3. The first-order valence-electron chi connectivity index (χ1n) is 8.52. The lowest BCUT2D eigenvalue weighted by molar-refractivity contribution is -0.138. The summed E-state index contributed by atoms with van der Waals surface area (Å²) in [5.74, 6) is -0.964. The summed E-state index contributed by atoms with van der Waals surface area (Å²) in [6.07, 6.45) is -3.11. The third-order valence-corrected chi connectivity index (χ3v) is 4.34. The lowest BCUT2D eigenvalue weighted by atomic mass is 10.0. The summed E-state index contributed by atoms with van der Waals surface area (Å²) in [6.45, 7) is 1.64. The Balaban J connectivity index is 1.70. The van der Waals surface area contributed by atoms with E-state index in [4.69, 9.17) is 0 Å².